The maximum Gasteiger partial charge on any atom is 0.224 e. The summed E-state index contributed by atoms with van der Waals surface area (Å²) < 4.78 is 10.7. The molecule has 5 heteroatoms. The number of ether oxygens (including phenoxy) is 2. The number of methoxy groups -OCH3 is 1. The molecule has 0 aliphatic carbocycles. The van der Waals surface area contributed by atoms with Gasteiger partial charge in [0.1, 0.15) is 12.4 Å². The summed E-state index contributed by atoms with van der Waals surface area (Å²) in [4.78, 5) is 8.28. The van der Waals surface area contributed by atoms with Crippen LogP contribution in [0.2, 0.25) is 0 Å². The van der Waals surface area contributed by atoms with Gasteiger partial charge in [-0.05, 0) is 25.1 Å². The van der Waals surface area contributed by atoms with Crippen molar-refractivity contribution in [3.63, 3.8) is 0 Å². The second-order valence-corrected chi connectivity index (χ2v) is 3.84. The fourth-order valence-corrected chi connectivity index (χ4v) is 1.60. The lowest BCUT2D eigenvalue weighted by Crippen LogP contribution is -2.18. The van der Waals surface area contributed by atoms with Crippen molar-refractivity contribution in [2.75, 3.05) is 19.5 Å². The minimum absolute atomic E-state index is 0.0699. The minimum Gasteiger partial charge on any atom is -0.472 e. The minimum atomic E-state index is -0.0699. The van der Waals surface area contributed by atoms with Crippen LogP contribution in [0.25, 0.3) is 10.9 Å². The van der Waals surface area contributed by atoms with Gasteiger partial charge in [0.15, 0.2) is 0 Å². The molecule has 5 nitrogen and oxygen atoms in total. The van der Waals surface area contributed by atoms with Gasteiger partial charge in [-0.15, -0.1) is 0 Å². The molecule has 1 unspecified atom stereocenters. The summed E-state index contributed by atoms with van der Waals surface area (Å²) in [6, 6.07) is 5.46. The lowest BCUT2D eigenvalue weighted by molar-refractivity contribution is 0.0900. The number of nitrogen functional groups attached to an aromatic ring is 1. The molecule has 0 saturated heterocycles. The Balaban J connectivity index is 2.36. The lowest BCUT2D eigenvalue weighted by Gasteiger charge is -2.14. The van der Waals surface area contributed by atoms with Crippen LogP contribution < -0.4 is 10.5 Å². The van der Waals surface area contributed by atoms with Gasteiger partial charge in [0, 0.05) is 12.8 Å². The highest BCUT2D eigenvalue weighted by atomic mass is 16.5. The van der Waals surface area contributed by atoms with Gasteiger partial charge in [-0.1, -0.05) is 0 Å². The molecule has 2 N–H and O–H groups in total. The second-order valence-electron chi connectivity index (χ2n) is 3.84. The van der Waals surface area contributed by atoms with Crippen LogP contribution in [0.4, 0.5) is 5.69 Å². The van der Waals surface area contributed by atoms with Crippen molar-refractivity contribution in [2.45, 2.75) is 13.0 Å². The molecule has 0 fully saturated rings. The molecule has 1 atom stereocenters. The summed E-state index contributed by atoms with van der Waals surface area (Å²) >= 11 is 0. The van der Waals surface area contributed by atoms with Crippen LogP contribution in [0.15, 0.2) is 24.5 Å². The third kappa shape index (κ3) is 2.62. The van der Waals surface area contributed by atoms with Gasteiger partial charge in [0.25, 0.3) is 0 Å². The molecule has 1 heterocycles. The zero-order valence-corrected chi connectivity index (χ0v) is 9.88. The number of nitrogens with zero attached hydrogens (tertiary/aromatic N) is 2. The van der Waals surface area contributed by atoms with Crippen molar-refractivity contribution in [2.24, 2.45) is 0 Å². The highest BCUT2D eigenvalue weighted by Gasteiger charge is 2.09. The molecule has 1 aromatic heterocycles. The van der Waals surface area contributed by atoms with Crippen LogP contribution >= 0.6 is 0 Å². The van der Waals surface area contributed by atoms with Crippen molar-refractivity contribution in [3.05, 3.63) is 24.5 Å². The zero-order chi connectivity index (χ0) is 12.3. The Bertz CT molecular complexity index is 516. The molecule has 0 amide bonds. The third-order valence-corrected chi connectivity index (χ3v) is 2.34. The van der Waals surface area contributed by atoms with Gasteiger partial charge in [-0.2, -0.15) is 0 Å². The van der Waals surface area contributed by atoms with E-state index < -0.39 is 0 Å². The molecule has 0 aliphatic rings. The summed E-state index contributed by atoms with van der Waals surface area (Å²) in [6.07, 6.45) is 1.41. The Kier molecular flexibility index (Phi) is 3.39. The van der Waals surface area contributed by atoms with Gasteiger partial charge in [-0.3, -0.25) is 0 Å². The molecule has 90 valence electrons. The number of hydrogen-bond acceptors (Lipinski definition) is 5. The summed E-state index contributed by atoms with van der Waals surface area (Å²) in [5, 5.41) is 0.815. The molecular weight excluding hydrogens is 218 g/mol. The Hall–Kier alpha value is -1.88. The van der Waals surface area contributed by atoms with Crippen LogP contribution in [0.3, 0.4) is 0 Å². The van der Waals surface area contributed by atoms with Crippen molar-refractivity contribution in [1.82, 2.24) is 9.97 Å². The topological polar surface area (TPSA) is 70.3 Å². The third-order valence-electron chi connectivity index (χ3n) is 2.34. The molecule has 0 bridgehead atoms. The monoisotopic (exact) mass is 233 g/mol. The van der Waals surface area contributed by atoms with Gasteiger partial charge in [0.05, 0.1) is 17.5 Å². The van der Waals surface area contributed by atoms with Gasteiger partial charge < -0.3 is 15.2 Å². The van der Waals surface area contributed by atoms with Crippen LogP contribution in [0, 0.1) is 0 Å². The first kappa shape index (κ1) is 11.6. The Labute approximate surface area is 99.6 Å². The Morgan fingerprint density at radius 3 is 2.94 bits per heavy atom. The predicted molar refractivity (Wildman–Crippen MR) is 65.9 cm³/mol. The molecular formula is C12H15N3O2. The van der Waals surface area contributed by atoms with Gasteiger partial charge in [0.2, 0.25) is 5.88 Å². The maximum absolute atomic E-state index is 5.75. The van der Waals surface area contributed by atoms with Crippen LogP contribution in [-0.4, -0.2) is 29.8 Å². The molecule has 0 spiro atoms. The number of rotatable bonds is 4. The average molecular weight is 233 g/mol. The van der Waals surface area contributed by atoms with Crippen molar-refractivity contribution in [1.29, 1.82) is 0 Å². The fourth-order valence-electron chi connectivity index (χ4n) is 1.60. The van der Waals surface area contributed by atoms with Crippen LogP contribution in [0.1, 0.15) is 6.92 Å². The van der Waals surface area contributed by atoms with E-state index in [1.54, 1.807) is 13.2 Å². The number of hydrogen-bond donors (Lipinski definition) is 1. The van der Waals surface area contributed by atoms with Gasteiger partial charge >= 0.3 is 0 Å². The van der Waals surface area contributed by atoms with Crippen molar-refractivity contribution >= 4 is 16.6 Å². The zero-order valence-electron chi connectivity index (χ0n) is 9.88. The van der Waals surface area contributed by atoms with Crippen molar-refractivity contribution < 1.29 is 9.47 Å². The first-order chi connectivity index (χ1) is 8.20. The number of nitrogens with two attached hydrogens (primary N) is 1. The highest BCUT2D eigenvalue weighted by molar-refractivity contribution is 5.86. The first-order valence-electron chi connectivity index (χ1n) is 5.36. The molecule has 17 heavy (non-hydrogen) atoms. The smallest absolute Gasteiger partial charge is 0.224 e. The quantitative estimate of drug-likeness (QED) is 0.813. The molecule has 1 aromatic carbocycles. The van der Waals surface area contributed by atoms with E-state index in [2.05, 4.69) is 9.97 Å². The summed E-state index contributed by atoms with van der Waals surface area (Å²) in [6.45, 7) is 2.43. The number of benzene rings is 1. The predicted octanol–water partition coefficient (Wildman–Crippen LogP) is 1.63. The maximum atomic E-state index is 5.75. The Morgan fingerprint density at radius 1 is 1.35 bits per heavy atom. The summed E-state index contributed by atoms with van der Waals surface area (Å²) in [7, 11) is 1.63. The van der Waals surface area contributed by atoms with E-state index in [0.717, 1.165) is 10.9 Å². The fraction of sp³-hybridized carbons (Fsp3) is 0.333. The van der Waals surface area contributed by atoms with E-state index >= 15 is 0 Å². The van der Waals surface area contributed by atoms with Gasteiger partial charge in [-0.25, -0.2) is 9.97 Å². The molecule has 0 saturated carbocycles. The first-order valence-corrected chi connectivity index (χ1v) is 5.36. The van der Waals surface area contributed by atoms with E-state index in [0.29, 0.717) is 18.2 Å². The number of aromatic nitrogens is 2. The molecule has 0 aliphatic heterocycles. The van der Waals surface area contributed by atoms with E-state index in [1.165, 1.54) is 6.33 Å². The second kappa shape index (κ2) is 4.97. The SMILES string of the molecule is COCC(C)Oc1ncnc2ccc(N)cc12. The summed E-state index contributed by atoms with van der Waals surface area (Å²) in [5.74, 6) is 0.534. The molecule has 2 rings (SSSR count). The largest absolute Gasteiger partial charge is 0.472 e. The van der Waals surface area contributed by atoms with Crippen LogP contribution in [-0.2, 0) is 4.74 Å². The normalized spacial score (nSPS) is 12.6. The number of fused-ring (bicyclic) bond motifs is 1. The average Bonchev–Trinajstić information content (AvgIpc) is 2.30. The van der Waals surface area contributed by atoms with Crippen LogP contribution in [0.5, 0.6) is 5.88 Å². The molecule has 0 radical (unpaired) electrons. The lowest BCUT2D eigenvalue weighted by atomic mass is 10.2. The Morgan fingerprint density at radius 2 is 2.18 bits per heavy atom. The summed E-state index contributed by atoms with van der Waals surface area (Å²) in [5.41, 5.74) is 7.22. The highest BCUT2D eigenvalue weighted by Crippen LogP contribution is 2.24. The van der Waals surface area contributed by atoms with E-state index in [4.69, 9.17) is 15.2 Å². The van der Waals surface area contributed by atoms with Crippen molar-refractivity contribution in [3.8, 4) is 5.88 Å². The van der Waals surface area contributed by atoms with E-state index in [1.807, 2.05) is 19.1 Å². The molecule has 2 aromatic rings. The number of anilines is 1. The van der Waals surface area contributed by atoms with E-state index in [-0.39, 0.29) is 6.10 Å². The standard InChI is InChI=1S/C12H15N3O2/c1-8(6-16-2)17-12-10-5-9(13)3-4-11(10)14-7-15-12/h3-5,7-8H,6,13H2,1-2H3. The van der Waals surface area contributed by atoms with E-state index in [9.17, 15) is 0 Å².